The number of nitrogens with zero attached hydrogens (tertiary/aromatic N) is 3. The van der Waals surface area contributed by atoms with E-state index in [1.807, 2.05) is 37.3 Å². The number of benzene rings is 1. The highest BCUT2D eigenvalue weighted by atomic mass is 16.5. The predicted molar refractivity (Wildman–Crippen MR) is 104 cm³/mol. The number of aryl methyl sites for hydroxylation is 1. The number of methoxy groups -OCH3 is 1. The number of pyridine rings is 1. The van der Waals surface area contributed by atoms with Crippen molar-refractivity contribution in [3.63, 3.8) is 0 Å². The highest BCUT2D eigenvalue weighted by Gasteiger charge is 2.03. The Bertz CT molecular complexity index is 821. The molecule has 0 amide bonds. The van der Waals surface area contributed by atoms with Crippen LogP contribution >= 0.6 is 0 Å². The highest BCUT2D eigenvalue weighted by molar-refractivity contribution is 5.42. The fourth-order valence-corrected chi connectivity index (χ4v) is 2.54. The minimum atomic E-state index is 0.635. The van der Waals surface area contributed by atoms with E-state index in [4.69, 9.17) is 4.74 Å². The molecule has 2 aromatic heterocycles. The van der Waals surface area contributed by atoms with Crippen LogP contribution in [0.5, 0.6) is 5.75 Å². The molecule has 0 aliphatic carbocycles. The molecule has 2 N–H and O–H groups in total. The lowest BCUT2D eigenvalue weighted by Gasteiger charge is -2.10. The Labute approximate surface area is 153 Å². The van der Waals surface area contributed by atoms with Gasteiger partial charge in [-0.25, -0.2) is 4.98 Å². The minimum Gasteiger partial charge on any atom is -0.497 e. The topological polar surface area (TPSA) is 72.0 Å². The van der Waals surface area contributed by atoms with E-state index in [-0.39, 0.29) is 0 Å². The molecule has 0 saturated heterocycles. The number of aromatic nitrogens is 3. The first-order chi connectivity index (χ1) is 12.7. The Balaban J connectivity index is 1.54. The molecule has 0 radical (unpaired) electrons. The maximum absolute atomic E-state index is 5.18. The zero-order valence-electron chi connectivity index (χ0n) is 15.1. The van der Waals surface area contributed by atoms with Gasteiger partial charge in [0, 0.05) is 37.2 Å². The molecular formula is C20H23N5O. The minimum absolute atomic E-state index is 0.635. The second-order valence-electron chi connectivity index (χ2n) is 5.95. The van der Waals surface area contributed by atoms with Crippen molar-refractivity contribution in [1.82, 2.24) is 15.0 Å². The van der Waals surface area contributed by atoms with Crippen molar-refractivity contribution in [2.45, 2.75) is 19.9 Å². The Kier molecular flexibility index (Phi) is 5.98. The predicted octanol–water partition coefficient (Wildman–Crippen LogP) is 3.46. The van der Waals surface area contributed by atoms with Crippen LogP contribution in [-0.2, 0) is 13.0 Å². The average Bonchev–Trinajstić information content (AvgIpc) is 2.67. The average molecular weight is 349 g/mol. The fraction of sp³-hybridized carbons (Fsp3) is 0.250. The number of hydrogen-bond acceptors (Lipinski definition) is 6. The Morgan fingerprint density at radius 2 is 1.69 bits per heavy atom. The first-order valence-corrected chi connectivity index (χ1v) is 8.58. The summed E-state index contributed by atoms with van der Waals surface area (Å²) >= 11 is 0. The zero-order valence-corrected chi connectivity index (χ0v) is 15.1. The van der Waals surface area contributed by atoms with Crippen LogP contribution in [0.1, 0.15) is 16.8 Å². The van der Waals surface area contributed by atoms with Crippen molar-refractivity contribution in [2.75, 3.05) is 24.3 Å². The second kappa shape index (κ2) is 8.80. The van der Waals surface area contributed by atoms with Crippen LogP contribution in [0.25, 0.3) is 0 Å². The smallest absolute Gasteiger partial charge is 0.224 e. The standard InChI is InChI=1S/C20H23N5O/c1-15-13-19(23-14-17-7-10-21-11-8-17)25-20(24-15)22-12-9-16-3-5-18(26-2)6-4-16/h3-8,10-11,13H,9,12,14H2,1-2H3,(H2,22,23,24,25). The van der Waals surface area contributed by atoms with Crippen molar-refractivity contribution in [3.05, 3.63) is 71.7 Å². The van der Waals surface area contributed by atoms with E-state index >= 15 is 0 Å². The molecule has 0 bridgehead atoms. The Hall–Kier alpha value is -3.15. The van der Waals surface area contributed by atoms with E-state index in [1.165, 1.54) is 5.56 Å². The lowest BCUT2D eigenvalue weighted by Crippen LogP contribution is -2.10. The molecule has 26 heavy (non-hydrogen) atoms. The summed E-state index contributed by atoms with van der Waals surface area (Å²) < 4.78 is 5.18. The van der Waals surface area contributed by atoms with Gasteiger partial charge in [0.2, 0.25) is 5.95 Å². The number of hydrogen-bond donors (Lipinski definition) is 2. The molecular weight excluding hydrogens is 326 g/mol. The van der Waals surface area contributed by atoms with Gasteiger partial charge >= 0.3 is 0 Å². The third kappa shape index (κ3) is 5.17. The van der Waals surface area contributed by atoms with Gasteiger partial charge in [-0.3, -0.25) is 4.98 Å². The molecule has 3 rings (SSSR count). The van der Waals surface area contributed by atoms with Gasteiger partial charge in [0.1, 0.15) is 11.6 Å². The molecule has 0 unspecified atom stereocenters. The summed E-state index contributed by atoms with van der Waals surface area (Å²) in [5.74, 6) is 2.31. The third-order valence-electron chi connectivity index (χ3n) is 3.93. The van der Waals surface area contributed by atoms with E-state index in [1.54, 1.807) is 19.5 Å². The van der Waals surface area contributed by atoms with Crippen LogP contribution in [0.3, 0.4) is 0 Å². The van der Waals surface area contributed by atoms with Crippen LogP contribution in [0.4, 0.5) is 11.8 Å². The molecule has 0 fully saturated rings. The van der Waals surface area contributed by atoms with Gasteiger partial charge < -0.3 is 15.4 Å². The third-order valence-corrected chi connectivity index (χ3v) is 3.93. The molecule has 6 nitrogen and oxygen atoms in total. The van der Waals surface area contributed by atoms with Gasteiger partial charge in [0.15, 0.2) is 0 Å². The summed E-state index contributed by atoms with van der Waals surface area (Å²) in [6, 6.07) is 14.0. The molecule has 2 heterocycles. The number of ether oxygens (including phenoxy) is 1. The van der Waals surface area contributed by atoms with Gasteiger partial charge in [-0.15, -0.1) is 0 Å². The lowest BCUT2D eigenvalue weighted by atomic mass is 10.1. The summed E-state index contributed by atoms with van der Waals surface area (Å²) in [5, 5.41) is 6.63. The van der Waals surface area contributed by atoms with Crippen molar-refractivity contribution in [2.24, 2.45) is 0 Å². The van der Waals surface area contributed by atoms with Gasteiger partial charge in [0.05, 0.1) is 7.11 Å². The van der Waals surface area contributed by atoms with Crippen LogP contribution in [0.15, 0.2) is 54.9 Å². The van der Waals surface area contributed by atoms with Crippen LogP contribution in [-0.4, -0.2) is 28.6 Å². The molecule has 3 aromatic rings. The summed E-state index contributed by atoms with van der Waals surface area (Å²) in [5.41, 5.74) is 3.32. The zero-order chi connectivity index (χ0) is 18.2. The summed E-state index contributed by atoms with van der Waals surface area (Å²) in [6.45, 7) is 3.43. The number of rotatable bonds is 8. The molecule has 0 spiro atoms. The van der Waals surface area contributed by atoms with Crippen molar-refractivity contribution in [3.8, 4) is 5.75 Å². The van der Waals surface area contributed by atoms with Gasteiger partial charge in [0.25, 0.3) is 0 Å². The first-order valence-electron chi connectivity index (χ1n) is 8.58. The molecule has 0 atom stereocenters. The van der Waals surface area contributed by atoms with E-state index < -0.39 is 0 Å². The summed E-state index contributed by atoms with van der Waals surface area (Å²) in [7, 11) is 1.67. The monoisotopic (exact) mass is 349 g/mol. The van der Waals surface area contributed by atoms with E-state index in [0.717, 1.165) is 35.8 Å². The maximum atomic E-state index is 5.18. The molecule has 0 aliphatic heterocycles. The van der Waals surface area contributed by atoms with Crippen LogP contribution < -0.4 is 15.4 Å². The van der Waals surface area contributed by atoms with Gasteiger partial charge in [-0.1, -0.05) is 12.1 Å². The number of anilines is 2. The van der Waals surface area contributed by atoms with E-state index in [9.17, 15) is 0 Å². The maximum Gasteiger partial charge on any atom is 0.224 e. The lowest BCUT2D eigenvalue weighted by molar-refractivity contribution is 0.414. The number of nitrogens with one attached hydrogen (secondary N) is 2. The Morgan fingerprint density at radius 1 is 0.923 bits per heavy atom. The van der Waals surface area contributed by atoms with Crippen molar-refractivity contribution < 1.29 is 4.74 Å². The molecule has 134 valence electrons. The SMILES string of the molecule is COc1ccc(CCNc2nc(C)cc(NCc3ccncc3)n2)cc1. The summed E-state index contributed by atoms with van der Waals surface area (Å²) in [6.07, 6.45) is 4.46. The highest BCUT2D eigenvalue weighted by Crippen LogP contribution is 2.13. The van der Waals surface area contributed by atoms with Gasteiger partial charge in [-0.05, 0) is 48.7 Å². The van der Waals surface area contributed by atoms with Gasteiger partial charge in [-0.2, -0.15) is 4.98 Å². The largest absolute Gasteiger partial charge is 0.497 e. The molecule has 1 aromatic carbocycles. The molecule has 0 saturated carbocycles. The van der Waals surface area contributed by atoms with Crippen molar-refractivity contribution >= 4 is 11.8 Å². The molecule has 0 aliphatic rings. The van der Waals surface area contributed by atoms with Crippen LogP contribution in [0.2, 0.25) is 0 Å². The normalized spacial score (nSPS) is 10.4. The fourth-order valence-electron chi connectivity index (χ4n) is 2.54. The first kappa shape index (κ1) is 17.7. The summed E-state index contributed by atoms with van der Waals surface area (Å²) in [4.78, 5) is 13.0. The second-order valence-corrected chi connectivity index (χ2v) is 5.95. The quantitative estimate of drug-likeness (QED) is 0.649. The van der Waals surface area contributed by atoms with Crippen molar-refractivity contribution in [1.29, 1.82) is 0 Å². The molecule has 6 heteroatoms. The van der Waals surface area contributed by atoms with Crippen LogP contribution in [0, 0.1) is 6.92 Å². The Morgan fingerprint density at radius 3 is 2.42 bits per heavy atom. The van der Waals surface area contributed by atoms with E-state index in [2.05, 4.69) is 37.7 Å². The van der Waals surface area contributed by atoms with E-state index in [0.29, 0.717) is 12.5 Å².